The van der Waals surface area contributed by atoms with Gasteiger partial charge in [-0.1, -0.05) is 0 Å². The second kappa shape index (κ2) is 5.66. The molecule has 0 saturated carbocycles. The van der Waals surface area contributed by atoms with Gasteiger partial charge in [0.2, 0.25) is 0 Å². The Morgan fingerprint density at radius 1 is 1.38 bits per heavy atom. The molecule has 3 aromatic heterocycles. The number of likely N-dealkylation sites (N-methyl/N-ethyl adjacent to an activating group) is 1. The Balaban J connectivity index is 1.82. The maximum absolute atomic E-state index is 9.85. The highest BCUT2D eigenvalue weighted by Crippen LogP contribution is 2.48. The van der Waals surface area contributed by atoms with Crippen LogP contribution in [0.4, 0.5) is 5.82 Å². The Morgan fingerprint density at radius 2 is 2.27 bits per heavy atom. The molecule has 7 heteroatoms. The summed E-state index contributed by atoms with van der Waals surface area (Å²) in [7, 11) is 2.18. The van der Waals surface area contributed by atoms with Gasteiger partial charge in [0.05, 0.1) is 5.69 Å². The van der Waals surface area contributed by atoms with Gasteiger partial charge < -0.3 is 5.73 Å². The van der Waals surface area contributed by atoms with Gasteiger partial charge >= 0.3 is 0 Å². The van der Waals surface area contributed by atoms with Crippen LogP contribution in [0.5, 0.6) is 0 Å². The number of nitriles is 1. The van der Waals surface area contributed by atoms with Crippen molar-refractivity contribution >= 4 is 17.2 Å². The third-order valence-electron chi connectivity index (χ3n) is 5.69. The zero-order valence-electron chi connectivity index (χ0n) is 14.4. The van der Waals surface area contributed by atoms with Crippen LogP contribution < -0.4 is 5.73 Å². The number of pyridine rings is 1. The summed E-state index contributed by atoms with van der Waals surface area (Å²) in [5.41, 5.74) is 10.8. The number of nitrogens with zero attached hydrogens (tertiary/aromatic N) is 5. The minimum absolute atomic E-state index is 0.290. The highest BCUT2D eigenvalue weighted by atomic mass is 32.1. The molecule has 26 heavy (non-hydrogen) atoms. The van der Waals surface area contributed by atoms with Crippen LogP contribution in [0, 0.1) is 11.3 Å². The molecule has 2 aliphatic rings. The summed E-state index contributed by atoms with van der Waals surface area (Å²) in [6.45, 7) is 0. The van der Waals surface area contributed by atoms with Crippen molar-refractivity contribution in [1.82, 2.24) is 19.4 Å². The van der Waals surface area contributed by atoms with E-state index >= 15 is 0 Å². The molecule has 0 aliphatic carbocycles. The summed E-state index contributed by atoms with van der Waals surface area (Å²) in [4.78, 5) is 11.5. The van der Waals surface area contributed by atoms with E-state index in [1.165, 1.54) is 5.56 Å². The lowest BCUT2D eigenvalue weighted by molar-refractivity contribution is 0.222. The number of aromatic nitrogens is 3. The van der Waals surface area contributed by atoms with Gasteiger partial charge in [0.15, 0.2) is 5.13 Å². The van der Waals surface area contributed by atoms with Crippen LogP contribution in [0.1, 0.15) is 35.7 Å². The Morgan fingerprint density at radius 3 is 3.04 bits per heavy atom. The largest absolute Gasteiger partial charge is 0.383 e. The third-order valence-corrected chi connectivity index (χ3v) is 6.46. The first-order chi connectivity index (χ1) is 12.7. The number of rotatable bonds is 2. The van der Waals surface area contributed by atoms with Crippen molar-refractivity contribution in [2.45, 2.75) is 31.3 Å². The lowest BCUT2D eigenvalue weighted by Gasteiger charge is -2.34. The minimum Gasteiger partial charge on any atom is -0.383 e. The van der Waals surface area contributed by atoms with Crippen LogP contribution in [0.2, 0.25) is 0 Å². The van der Waals surface area contributed by atoms with Crippen molar-refractivity contribution in [3.05, 3.63) is 46.7 Å². The summed E-state index contributed by atoms with van der Waals surface area (Å²) in [5, 5.41) is 12.7. The Bertz CT molecular complexity index is 1030. The molecule has 2 bridgehead atoms. The molecule has 1 fully saturated rings. The number of fused-ring (bicyclic) bond motifs is 4. The predicted octanol–water partition coefficient (Wildman–Crippen LogP) is 3.14. The fourth-order valence-electron chi connectivity index (χ4n) is 4.48. The first-order valence-electron chi connectivity index (χ1n) is 8.71. The van der Waals surface area contributed by atoms with Gasteiger partial charge in [0.1, 0.15) is 17.5 Å². The third kappa shape index (κ3) is 2.06. The summed E-state index contributed by atoms with van der Waals surface area (Å²) in [5.74, 6) is 0.331. The van der Waals surface area contributed by atoms with Gasteiger partial charge in [0.25, 0.3) is 0 Å². The van der Waals surface area contributed by atoms with Crippen LogP contribution in [0.25, 0.3) is 16.4 Å². The molecule has 0 spiro atoms. The molecule has 5 rings (SSSR count). The zero-order chi connectivity index (χ0) is 17.8. The van der Waals surface area contributed by atoms with Gasteiger partial charge in [-0.05, 0) is 32.0 Å². The highest BCUT2D eigenvalue weighted by molar-refractivity contribution is 7.12. The number of nitrogen functional groups attached to an aromatic ring is 1. The normalized spacial score (nSPS) is 21.5. The molecule has 0 aromatic carbocycles. The monoisotopic (exact) mass is 362 g/mol. The summed E-state index contributed by atoms with van der Waals surface area (Å²) in [6.07, 6.45) is 6.92. The number of hydrogen-bond acceptors (Lipinski definition) is 6. The fourth-order valence-corrected chi connectivity index (χ4v) is 5.12. The minimum atomic E-state index is 0.290. The molecule has 2 aliphatic heterocycles. The number of hydrogen-bond donors (Lipinski definition) is 1. The van der Waals surface area contributed by atoms with Crippen LogP contribution in [0.15, 0.2) is 29.9 Å². The Hall–Kier alpha value is -2.69. The van der Waals surface area contributed by atoms with Crippen molar-refractivity contribution in [2.75, 3.05) is 12.8 Å². The molecular weight excluding hydrogens is 344 g/mol. The van der Waals surface area contributed by atoms with E-state index in [2.05, 4.69) is 28.0 Å². The molecule has 6 nitrogen and oxygen atoms in total. The van der Waals surface area contributed by atoms with E-state index in [9.17, 15) is 5.26 Å². The first kappa shape index (κ1) is 15.6. The second-order valence-corrected chi connectivity index (χ2v) is 7.79. The van der Waals surface area contributed by atoms with Crippen LogP contribution in [-0.4, -0.2) is 32.5 Å². The van der Waals surface area contributed by atoms with Crippen LogP contribution in [0.3, 0.4) is 0 Å². The molecule has 0 amide bonds. The SMILES string of the molecule is CN1[C@H]2CC[C@@H]1c1c(nc(N)c(C#N)c1-c1cccn1-c1nccs1)C2. The standard InChI is InChI=1S/C19H18N6S/c1-24-11-4-5-14(24)17-13(9-11)23-18(21)12(10-20)16(17)15-3-2-7-25(15)19-22-6-8-26-19/h2-3,6-8,11,14H,4-5,9H2,1H3,(H2,21,23)/t11-,14+/m0/s1. The van der Waals surface area contributed by atoms with Crippen molar-refractivity contribution < 1.29 is 0 Å². The van der Waals surface area contributed by atoms with E-state index in [0.29, 0.717) is 23.5 Å². The van der Waals surface area contributed by atoms with Gasteiger partial charge in [0, 0.05) is 53.1 Å². The van der Waals surface area contributed by atoms with Gasteiger partial charge in [-0.25, -0.2) is 9.97 Å². The van der Waals surface area contributed by atoms with E-state index in [1.807, 2.05) is 28.3 Å². The van der Waals surface area contributed by atoms with Crippen LogP contribution in [-0.2, 0) is 6.42 Å². The summed E-state index contributed by atoms with van der Waals surface area (Å²) >= 11 is 1.57. The molecule has 1 saturated heterocycles. The summed E-state index contributed by atoms with van der Waals surface area (Å²) < 4.78 is 2.04. The molecule has 2 N–H and O–H groups in total. The lowest BCUT2D eigenvalue weighted by Crippen LogP contribution is -2.35. The van der Waals surface area contributed by atoms with Crippen molar-refractivity contribution in [3.8, 4) is 22.5 Å². The van der Waals surface area contributed by atoms with Crippen molar-refractivity contribution in [2.24, 2.45) is 0 Å². The van der Waals surface area contributed by atoms with Gasteiger partial charge in [-0.15, -0.1) is 11.3 Å². The summed E-state index contributed by atoms with van der Waals surface area (Å²) in [6, 6.07) is 7.15. The second-order valence-electron chi connectivity index (χ2n) is 6.91. The first-order valence-corrected chi connectivity index (χ1v) is 9.59. The Labute approximate surface area is 155 Å². The Kier molecular flexibility index (Phi) is 3.39. The number of thiazole rings is 1. The van der Waals surface area contributed by atoms with Crippen molar-refractivity contribution in [1.29, 1.82) is 5.26 Å². The highest BCUT2D eigenvalue weighted by Gasteiger charge is 2.41. The van der Waals surface area contributed by atoms with Gasteiger partial charge in [-0.2, -0.15) is 5.26 Å². The number of nitrogens with two attached hydrogens (primary N) is 1. The smallest absolute Gasteiger partial charge is 0.193 e. The molecular formula is C19H18N6S. The average Bonchev–Trinajstić information content (AvgIpc) is 3.34. The maximum Gasteiger partial charge on any atom is 0.193 e. The van der Waals surface area contributed by atoms with Crippen molar-refractivity contribution in [3.63, 3.8) is 0 Å². The topological polar surface area (TPSA) is 83.8 Å². The quantitative estimate of drug-likeness (QED) is 0.757. The van der Waals surface area contributed by atoms with Crippen LogP contribution >= 0.6 is 11.3 Å². The molecule has 130 valence electrons. The molecule has 2 atom stereocenters. The molecule has 3 aromatic rings. The molecule has 5 heterocycles. The zero-order valence-corrected chi connectivity index (χ0v) is 15.2. The molecule has 0 unspecified atom stereocenters. The van der Waals surface area contributed by atoms with E-state index in [4.69, 9.17) is 5.73 Å². The van der Waals surface area contributed by atoms with E-state index < -0.39 is 0 Å². The molecule has 0 radical (unpaired) electrons. The lowest BCUT2D eigenvalue weighted by atomic mass is 9.89. The fraction of sp³-hybridized carbons (Fsp3) is 0.316. The van der Waals surface area contributed by atoms with E-state index in [1.54, 1.807) is 17.5 Å². The average molecular weight is 362 g/mol. The van der Waals surface area contributed by atoms with Gasteiger partial charge in [-0.3, -0.25) is 9.47 Å². The predicted molar refractivity (Wildman–Crippen MR) is 101 cm³/mol. The van der Waals surface area contributed by atoms with E-state index in [0.717, 1.165) is 41.3 Å². The maximum atomic E-state index is 9.85. The number of anilines is 1. The van der Waals surface area contributed by atoms with E-state index in [-0.39, 0.29) is 0 Å².